The molecule has 24 heavy (non-hydrogen) atoms. The van der Waals surface area contributed by atoms with Gasteiger partial charge in [-0.05, 0) is 42.1 Å². The van der Waals surface area contributed by atoms with Crippen molar-refractivity contribution in [1.29, 1.82) is 5.26 Å². The molecule has 6 heteroatoms. The fraction of sp³-hybridized carbons (Fsp3) is 0.0556. The monoisotopic (exact) mass is 335 g/mol. The summed E-state index contributed by atoms with van der Waals surface area (Å²) in [6.07, 6.45) is 1.71. The first-order valence-corrected chi connectivity index (χ1v) is 7.61. The van der Waals surface area contributed by atoms with Crippen LogP contribution in [0.4, 0.5) is 0 Å². The first kappa shape index (κ1) is 15.7. The van der Waals surface area contributed by atoms with E-state index in [1.807, 2.05) is 42.5 Å². The minimum Gasteiger partial charge on any atom is -0.489 e. The summed E-state index contributed by atoms with van der Waals surface area (Å²) in [4.78, 5) is 11.6. The second-order valence-electron chi connectivity index (χ2n) is 5.09. The van der Waals surface area contributed by atoms with E-state index in [-0.39, 0.29) is 5.91 Å². The minimum atomic E-state index is -0.242. The number of ether oxygens (including phenoxy) is 1. The van der Waals surface area contributed by atoms with Gasteiger partial charge in [-0.2, -0.15) is 5.26 Å². The Morgan fingerprint density at radius 1 is 1.12 bits per heavy atom. The third kappa shape index (κ3) is 3.59. The minimum absolute atomic E-state index is 0.242. The number of thiocarbonyl (C=S) groups is 1. The van der Waals surface area contributed by atoms with Gasteiger partial charge in [0.15, 0.2) is 5.11 Å². The molecule has 2 N–H and O–H groups in total. The fourth-order valence-corrected chi connectivity index (χ4v) is 2.43. The number of hydrogen-bond acceptors (Lipinski definition) is 4. The van der Waals surface area contributed by atoms with Crippen LogP contribution < -0.4 is 15.4 Å². The lowest BCUT2D eigenvalue weighted by molar-refractivity contribution is -0.115. The van der Waals surface area contributed by atoms with Crippen LogP contribution in [0.1, 0.15) is 16.7 Å². The lowest BCUT2D eigenvalue weighted by Crippen LogP contribution is -2.21. The van der Waals surface area contributed by atoms with Gasteiger partial charge >= 0.3 is 0 Å². The number of nitriles is 1. The molecule has 1 amide bonds. The third-order valence-corrected chi connectivity index (χ3v) is 3.65. The second kappa shape index (κ2) is 6.94. The average molecular weight is 335 g/mol. The molecule has 0 aliphatic carbocycles. The third-order valence-electron chi connectivity index (χ3n) is 3.44. The Morgan fingerprint density at radius 2 is 1.88 bits per heavy atom. The predicted molar refractivity (Wildman–Crippen MR) is 93.8 cm³/mol. The van der Waals surface area contributed by atoms with Crippen LogP contribution in [0, 0.1) is 11.3 Å². The molecule has 0 aromatic heterocycles. The Balaban J connectivity index is 1.67. The molecule has 2 aromatic rings. The van der Waals surface area contributed by atoms with E-state index in [1.165, 1.54) is 0 Å². The number of hydrogen-bond donors (Lipinski definition) is 2. The Labute approximate surface area is 144 Å². The molecular weight excluding hydrogens is 322 g/mol. The number of rotatable bonds is 4. The quantitative estimate of drug-likeness (QED) is 0.663. The molecule has 3 rings (SSSR count). The molecule has 5 nitrogen and oxygen atoms in total. The van der Waals surface area contributed by atoms with E-state index in [9.17, 15) is 4.79 Å². The molecule has 0 bridgehead atoms. The topological polar surface area (TPSA) is 74.2 Å². The van der Waals surface area contributed by atoms with Crippen LogP contribution in [0.15, 0.2) is 54.2 Å². The molecule has 1 heterocycles. The Hall–Kier alpha value is -3.17. The van der Waals surface area contributed by atoms with E-state index in [2.05, 4.69) is 16.7 Å². The predicted octanol–water partition coefficient (Wildman–Crippen LogP) is 2.48. The van der Waals surface area contributed by atoms with Crippen molar-refractivity contribution in [2.24, 2.45) is 0 Å². The van der Waals surface area contributed by atoms with Crippen molar-refractivity contribution in [1.82, 2.24) is 10.6 Å². The second-order valence-corrected chi connectivity index (χ2v) is 5.50. The Bertz CT molecular complexity index is 867. The van der Waals surface area contributed by atoms with Gasteiger partial charge in [0.1, 0.15) is 18.1 Å². The lowest BCUT2D eigenvalue weighted by Gasteiger charge is -2.08. The molecule has 0 radical (unpaired) electrons. The van der Waals surface area contributed by atoms with Crippen LogP contribution in [-0.4, -0.2) is 11.0 Å². The summed E-state index contributed by atoms with van der Waals surface area (Å²) < 4.78 is 5.71. The number of benzene rings is 2. The summed E-state index contributed by atoms with van der Waals surface area (Å²) in [7, 11) is 0. The lowest BCUT2D eigenvalue weighted by atomic mass is 10.1. The van der Waals surface area contributed by atoms with Gasteiger partial charge in [0.05, 0.1) is 11.6 Å². The number of carbonyl (C=O) groups excluding carboxylic acids is 1. The molecule has 1 saturated heterocycles. The van der Waals surface area contributed by atoms with Gasteiger partial charge in [0.25, 0.3) is 5.91 Å². The molecule has 0 atom stereocenters. The van der Waals surface area contributed by atoms with Crippen molar-refractivity contribution in [2.75, 3.05) is 0 Å². The zero-order valence-electron chi connectivity index (χ0n) is 12.6. The van der Waals surface area contributed by atoms with Crippen LogP contribution in [-0.2, 0) is 11.4 Å². The number of carbonyl (C=O) groups is 1. The summed E-state index contributed by atoms with van der Waals surface area (Å²) in [5.74, 6) is 0.442. The SMILES string of the molecule is N#Cc1ccccc1COc1ccc(/C=C2/NC(=S)NC2=O)cc1. The zero-order valence-corrected chi connectivity index (χ0v) is 13.4. The maximum absolute atomic E-state index is 11.6. The van der Waals surface area contributed by atoms with Crippen molar-refractivity contribution in [3.8, 4) is 11.8 Å². The number of amides is 1. The van der Waals surface area contributed by atoms with Crippen LogP contribution in [0.2, 0.25) is 0 Å². The fourth-order valence-electron chi connectivity index (χ4n) is 2.23. The summed E-state index contributed by atoms with van der Waals surface area (Å²) in [6.45, 7) is 0.322. The van der Waals surface area contributed by atoms with Gasteiger partial charge in [-0.15, -0.1) is 0 Å². The van der Waals surface area contributed by atoms with E-state index < -0.39 is 0 Å². The first-order chi connectivity index (χ1) is 11.7. The van der Waals surface area contributed by atoms with E-state index in [1.54, 1.807) is 12.1 Å². The van der Waals surface area contributed by atoms with E-state index in [0.717, 1.165) is 11.1 Å². The largest absolute Gasteiger partial charge is 0.489 e. The van der Waals surface area contributed by atoms with Crippen LogP contribution in [0.25, 0.3) is 6.08 Å². The van der Waals surface area contributed by atoms with Gasteiger partial charge < -0.3 is 10.1 Å². The molecular formula is C18H13N3O2S. The van der Waals surface area contributed by atoms with Crippen LogP contribution in [0.3, 0.4) is 0 Å². The molecule has 2 aromatic carbocycles. The molecule has 0 spiro atoms. The highest BCUT2D eigenvalue weighted by Gasteiger charge is 2.19. The van der Waals surface area contributed by atoms with Crippen molar-refractivity contribution in [3.63, 3.8) is 0 Å². The van der Waals surface area contributed by atoms with Gasteiger partial charge in [0, 0.05) is 5.56 Å². The number of nitrogens with one attached hydrogen (secondary N) is 2. The molecule has 0 unspecified atom stereocenters. The maximum Gasteiger partial charge on any atom is 0.273 e. The summed E-state index contributed by atoms with van der Waals surface area (Å²) in [6, 6.07) is 16.8. The Morgan fingerprint density at radius 3 is 2.54 bits per heavy atom. The highest BCUT2D eigenvalue weighted by atomic mass is 32.1. The van der Waals surface area contributed by atoms with Crippen LogP contribution >= 0.6 is 12.2 Å². The van der Waals surface area contributed by atoms with Gasteiger partial charge in [-0.3, -0.25) is 10.1 Å². The van der Waals surface area contributed by atoms with Crippen molar-refractivity contribution in [3.05, 3.63) is 70.9 Å². The van der Waals surface area contributed by atoms with E-state index in [4.69, 9.17) is 22.2 Å². The van der Waals surface area contributed by atoms with Gasteiger partial charge in [-0.25, -0.2) is 0 Å². The van der Waals surface area contributed by atoms with Crippen molar-refractivity contribution < 1.29 is 9.53 Å². The maximum atomic E-state index is 11.6. The number of nitrogens with zero attached hydrogens (tertiary/aromatic N) is 1. The Kier molecular flexibility index (Phi) is 4.54. The first-order valence-electron chi connectivity index (χ1n) is 7.20. The molecule has 1 aliphatic rings. The summed E-state index contributed by atoms with van der Waals surface area (Å²) in [5, 5.41) is 14.7. The molecule has 1 aliphatic heterocycles. The average Bonchev–Trinajstić information content (AvgIpc) is 2.91. The summed E-state index contributed by atoms with van der Waals surface area (Å²) in [5.41, 5.74) is 2.71. The zero-order chi connectivity index (χ0) is 16.9. The molecule has 0 saturated carbocycles. The summed E-state index contributed by atoms with van der Waals surface area (Å²) >= 11 is 4.88. The van der Waals surface area contributed by atoms with Gasteiger partial charge in [0.2, 0.25) is 0 Å². The van der Waals surface area contributed by atoms with Crippen molar-refractivity contribution in [2.45, 2.75) is 6.61 Å². The van der Waals surface area contributed by atoms with Gasteiger partial charge in [-0.1, -0.05) is 30.3 Å². The van der Waals surface area contributed by atoms with Crippen LogP contribution in [0.5, 0.6) is 5.75 Å². The van der Waals surface area contributed by atoms with Crippen molar-refractivity contribution >= 4 is 29.3 Å². The normalized spacial score (nSPS) is 14.9. The standard InChI is InChI=1S/C18H13N3O2S/c19-10-13-3-1-2-4-14(13)11-23-15-7-5-12(6-8-15)9-16-17(22)21-18(24)20-16/h1-9H,11H2,(H2,20,21,22,24)/b16-9+. The smallest absolute Gasteiger partial charge is 0.273 e. The molecule has 1 fully saturated rings. The highest BCUT2D eigenvalue weighted by molar-refractivity contribution is 7.80. The molecule has 118 valence electrons. The van der Waals surface area contributed by atoms with E-state index in [0.29, 0.717) is 28.7 Å². The highest BCUT2D eigenvalue weighted by Crippen LogP contribution is 2.17. The van der Waals surface area contributed by atoms with E-state index >= 15 is 0 Å².